The molecule has 5 heteroatoms. The molecule has 0 radical (unpaired) electrons. The Morgan fingerprint density at radius 2 is 1.60 bits per heavy atom. The van der Waals surface area contributed by atoms with Gasteiger partial charge in [0.05, 0.1) is 0 Å². The Morgan fingerprint density at radius 3 is 2.35 bits per heavy atom. The van der Waals surface area contributed by atoms with Crippen LogP contribution in [0.25, 0.3) is 0 Å². The predicted molar refractivity (Wildman–Crippen MR) is 77.1 cm³/mol. The zero-order chi connectivity index (χ0) is 13.8. The van der Waals surface area contributed by atoms with Crippen molar-refractivity contribution in [1.29, 1.82) is 0 Å². The summed E-state index contributed by atoms with van der Waals surface area (Å²) in [7, 11) is 0. The number of benzene rings is 1. The van der Waals surface area contributed by atoms with Gasteiger partial charge in [-0.25, -0.2) is 4.98 Å². The van der Waals surface area contributed by atoms with Gasteiger partial charge in [0.15, 0.2) is 5.82 Å². The van der Waals surface area contributed by atoms with Crippen LogP contribution in [0.3, 0.4) is 0 Å². The van der Waals surface area contributed by atoms with Crippen molar-refractivity contribution in [2.24, 2.45) is 0 Å². The Bertz CT molecular complexity index is 673. The number of rotatable bonds is 4. The van der Waals surface area contributed by atoms with E-state index in [1.807, 2.05) is 36.4 Å². The molecule has 0 saturated heterocycles. The summed E-state index contributed by atoms with van der Waals surface area (Å²) >= 11 is 0. The van der Waals surface area contributed by atoms with Crippen LogP contribution in [0.15, 0.2) is 48.8 Å². The van der Waals surface area contributed by atoms with E-state index in [2.05, 4.69) is 20.2 Å². The third-order valence-electron chi connectivity index (χ3n) is 3.04. The Balaban J connectivity index is 1.69. The molecule has 1 aromatic carbocycles. The molecule has 0 unspecified atom stereocenters. The van der Waals surface area contributed by atoms with Crippen LogP contribution in [-0.4, -0.2) is 20.2 Å². The number of nitrogen functional groups attached to an aromatic ring is 1. The number of aromatic nitrogens is 4. The van der Waals surface area contributed by atoms with Crippen molar-refractivity contribution >= 4 is 5.69 Å². The number of anilines is 1. The van der Waals surface area contributed by atoms with E-state index in [0.29, 0.717) is 6.42 Å². The standard InChI is InChI=1S/C15H15N5/c16-13-3-1-11(2-4-13)9-14-18-15(20-19-14)10-12-5-7-17-8-6-12/h1-8H,9-10,16H2,(H,18,19,20). The van der Waals surface area contributed by atoms with Gasteiger partial charge in [-0.2, -0.15) is 5.10 Å². The highest BCUT2D eigenvalue weighted by Gasteiger charge is 2.05. The number of nitrogens with two attached hydrogens (primary N) is 1. The summed E-state index contributed by atoms with van der Waals surface area (Å²) in [6.45, 7) is 0. The Hall–Kier alpha value is -2.69. The summed E-state index contributed by atoms with van der Waals surface area (Å²) < 4.78 is 0. The summed E-state index contributed by atoms with van der Waals surface area (Å²) in [5, 5.41) is 7.23. The molecule has 3 rings (SSSR count). The molecule has 0 aliphatic carbocycles. The largest absolute Gasteiger partial charge is 0.399 e. The van der Waals surface area contributed by atoms with Crippen molar-refractivity contribution in [2.45, 2.75) is 12.8 Å². The fourth-order valence-corrected chi connectivity index (χ4v) is 2.01. The van der Waals surface area contributed by atoms with Gasteiger partial charge in [-0.1, -0.05) is 12.1 Å². The lowest BCUT2D eigenvalue weighted by Crippen LogP contribution is -1.93. The van der Waals surface area contributed by atoms with E-state index in [9.17, 15) is 0 Å². The van der Waals surface area contributed by atoms with Crippen LogP contribution in [0, 0.1) is 0 Å². The van der Waals surface area contributed by atoms with Gasteiger partial charge in [0, 0.05) is 30.9 Å². The second-order valence-electron chi connectivity index (χ2n) is 4.65. The van der Waals surface area contributed by atoms with Crippen molar-refractivity contribution in [1.82, 2.24) is 20.2 Å². The first-order chi connectivity index (χ1) is 9.79. The van der Waals surface area contributed by atoms with Crippen LogP contribution >= 0.6 is 0 Å². The first-order valence-corrected chi connectivity index (χ1v) is 6.43. The summed E-state index contributed by atoms with van der Waals surface area (Å²) in [5.41, 5.74) is 8.75. The average molecular weight is 265 g/mol. The van der Waals surface area contributed by atoms with Gasteiger partial charge in [0.25, 0.3) is 0 Å². The molecular formula is C15H15N5. The molecule has 2 aromatic heterocycles. The van der Waals surface area contributed by atoms with Crippen molar-refractivity contribution < 1.29 is 0 Å². The Kier molecular flexibility index (Phi) is 3.41. The first-order valence-electron chi connectivity index (χ1n) is 6.43. The third-order valence-corrected chi connectivity index (χ3v) is 3.04. The quantitative estimate of drug-likeness (QED) is 0.707. The molecule has 0 amide bonds. The zero-order valence-corrected chi connectivity index (χ0v) is 11.0. The van der Waals surface area contributed by atoms with E-state index in [-0.39, 0.29) is 0 Å². The van der Waals surface area contributed by atoms with E-state index in [0.717, 1.165) is 34.9 Å². The van der Waals surface area contributed by atoms with Crippen LogP contribution in [0.1, 0.15) is 22.8 Å². The highest BCUT2D eigenvalue weighted by molar-refractivity contribution is 5.39. The summed E-state index contributed by atoms with van der Waals surface area (Å²) in [6, 6.07) is 11.7. The van der Waals surface area contributed by atoms with Crippen LogP contribution in [0.2, 0.25) is 0 Å². The highest BCUT2D eigenvalue weighted by atomic mass is 15.2. The molecule has 0 spiro atoms. The van der Waals surface area contributed by atoms with E-state index in [1.165, 1.54) is 0 Å². The Labute approximate surface area is 116 Å². The first kappa shape index (κ1) is 12.3. The number of nitrogens with one attached hydrogen (secondary N) is 1. The Morgan fingerprint density at radius 1 is 0.900 bits per heavy atom. The molecule has 0 bridgehead atoms. The monoisotopic (exact) mass is 265 g/mol. The molecule has 5 nitrogen and oxygen atoms in total. The van der Waals surface area contributed by atoms with Crippen LogP contribution in [0.5, 0.6) is 0 Å². The lowest BCUT2D eigenvalue weighted by atomic mass is 10.1. The van der Waals surface area contributed by atoms with E-state index < -0.39 is 0 Å². The van der Waals surface area contributed by atoms with E-state index in [1.54, 1.807) is 12.4 Å². The second kappa shape index (κ2) is 5.52. The normalized spacial score (nSPS) is 10.6. The number of pyridine rings is 1. The maximum absolute atomic E-state index is 5.67. The number of nitrogens with zero attached hydrogens (tertiary/aromatic N) is 3. The SMILES string of the molecule is Nc1ccc(Cc2nc(Cc3ccncc3)n[nH]2)cc1. The maximum atomic E-state index is 5.67. The van der Waals surface area contributed by atoms with Gasteiger partial charge in [-0.05, 0) is 35.4 Å². The van der Waals surface area contributed by atoms with Crippen molar-refractivity contribution in [3.8, 4) is 0 Å². The molecule has 0 aliphatic heterocycles. The van der Waals surface area contributed by atoms with Gasteiger partial charge >= 0.3 is 0 Å². The van der Waals surface area contributed by atoms with Crippen molar-refractivity contribution in [3.63, 3.8) is 0 Å². The van der Waals surface area contributed by atoms with Crippen LogP contribution in [-0.2, 0) is 12.8 Å². The minimum absolute atomic E-state index is 0.709. The number of H-pyrrole nitrogens is 1. The molecular weight excluding hydrogens is 250 g/mol. The number of hydrogen-bond acceptors (Lipinski definition) is 4. The molecule has 2 heterocycles. The molecule has 0 saturated carbocycles. The van der Waals surface area contributed by atoms with E-state index >= 15 is 0 Å². The van der Waals surface area contributed by atoms with Crippen LogP contribution in [0.4, 0.5) is 5.69 Å². The zero-order valence-electron chi connectivity index (χ0n) is 11.0. The maximum Gasteiger partial charge on any atom is 0.155 e. The molecule has 0 aliphatic rings. The topological polar surface area (TPSA) is 80.5 Å². The smallest absolute Gasteiger partial charge is 0.155 e. The summed E-state index contributed by atoms with van der Waals surface area (Å²) in [6.07, 6.45) is 4.99. The molecule has 20 heavy (non-hydrogen) atoms. The van der Waals surface area contributed by atoms with Gasteiger partial charge in [-0.15, -0.1) is 0 Å². The lowest BCUT2D eigenvalue weighted by molar-refractivity contribution is 0.957. The van der Waals surface area contributed by atoms with Crippen molar-refractivity contribution in [2.75, 3.05) is 5.73 Å². The van der Waals surface area contributed by atoms with Crippen molar-refractivity contribution in [3.05, 3.63) is 71.6 Å². The lowest BCUT2D eigenvalue weighted by Gasteiger charge is -1.98. The average Bonchev–Trinajstić information content (AvgIpc) is 2.90. The van der Waals surface area contributed by atoms with Gasteiger partial charge in [-0.3, -0.25) is 10.1 Å². The number of hydrogen-bond donors (Lipinski definition) is 2. The molecule has 0 fully saturated rings. The molecule has 0 atom stereocenters. The fraction of sp³-hybridized carbons (Fsp3) is 0.133. The van der Waals surface area contributed by atoms with Crippen LogP contribution < -0.4 is 5.73 Å². The highest BCUT2D eigenvalue weighted by Crippen LogP contribution is 2.10. The summed E-state index contributed by atoms with van der Waals surface area (Å²) in [4.78, 5) is 8.50. The van der Waals surface area contributed by atoms with Gasteiger partial charge < -0.3 is 5.73 Å². The summed E-state index contributed by atoms with van der Waals surface area (Å²) in [5.74, 6) is 1.65. The molecule has 3 aromatic rings. The fourth-order valence-electron chi connectivity index (χ4n) is 2.01. The second-order valence-corrected chi connectivity index (χ2v) is 4.65. The third kappa shape index (κ3) is 3.00. The van der Waals surface area contributed by atoms with Gasteiger partial charge in [0.1, 0.15) is 5.82 Å². The molecule has 3 N–H and O–H groups in total. The van der Waals surface area contributed by atoms with E-state index in [4.69, 9.17) is 5.73 Å². The number of aromatic amines is 1. The molecule has 100 valence electrons. The minimum atomic E-state index is 0.709. The van der Waals surface area contributed by atoms with Gasteiger partial charge in [0.2, 0.25) is 0 Å². The minimum Gasteiger partial charge on any atom is -0.399 e. The predicted octanol–water partition coefficient (Wildman–Crippen LogP) is 1.96.